The highest BCUT2D eigenvalue weighted by molar-refractivity contribution is 7.80. The van der Waals surface area contributed by atoms with Crippen molar-refractivity contribution in [2.24, 2.45) is 0 Å². The fourth-order valence-corrected chi connectivity index (χ4v) is 1.06. The normalized spacial score (nSPS) is 9.92. The Morgan fingerprint density at radius 3 is 2.58 bits per heavy atom. The van der Waals surface area contributed by atoms with Crippen LogP contribution in [0.15, 0.2) is 17.0 Å². The van der Waals surface area contributed by atoms with Crippen LogP contribution in [0.2, 0.25) is 0 Å². The smallest absolute Gasteiger partial charge is 0.258 e. The molecule has 1 aromatic carbocycles. The Balaban J connectivity index is 3.43. The Morgan fingerprint density at radius 1 is 1.58 bits per heavy atom. The maximum atomic E-state index is 13.0. The molecule has 1 rings (SSSR count). The summed E-state index contributed by atoms with van der Waals surface area (Å²) in [6, 6.07) is 2.85. The van der Waals surface area contributed by atoms with Gasteiger partial charge in [0, 0.05) is 10.5 Å². The number of nitro benzene ring substituents is 1. The highest BCUT2D eigenvalue weighted by atomic mass is 32.1. The highest BCUT2D eigenvalue weighted by Gasteiger charge is 2.19. The number of nitrogens with zero attached hydrogens (tertiary/aromatic N) is 1. The lowest BCUT2D eigenvalue weighted by Gasteiger charge is -1.99. The Hall–Kier alpha value is -1.10. The van der Waals surface area contributed by atoms with E-state index in [1.54, 1.807) is 0 Å². The lowest BCUT2D eigenvalue weighted by Crippen LogP contribution is -1.96. The van der Waals surface area contributed by atoms with Crippen molar-refractivity contribution in [3.05, 3.63) is 33.6 Å². The molecular formula is C7H6FNO2S. The minimum Gasteiger partial charge on any atom is -0.258 e. The first kappa shape index (κ1) is 8.99. The largest absolute Gasteiger partial charge is 0.308 e. The molecule has 0 unspecified atom stereocenters. The maximum absolute atomic E-state index is 13.0. The van der Waals surface area contributed by atoms with Crippen LogP contribution in [0.1, 0.15) is 5.56 Å². The van der Waals surface area contributed by atoms with Gasteiger partial charge in [0.15, 0.2) is 0 Å². The molecule has 0 amide bonds. The summed E-state index contributed by atoms with van der Waals surface area (Å²) in [7, 11) is 0. The molecule has 0 atom stereocenters. The van der Waals surface area contributed by atoms with Crippen LogP contribution < -0.4 is 0 Å². The van der Waals surface area contributed by atoms with Crippen molar-refractivity contribution < 1.29 is 9.31 Å². The molecule has 0 bridgehead atoms. The minimum absolute atomic E-state index is 0.00713. The van der Waals surface area contributed by atoms with Crippen LogP contribution in [0.4, 0.5) is 10.1 Å². The molecule has 0 radical (unpaired) electrons. The third kappa shape index (κ3) is 1.40. The van der Waals surface area contributed by atoms with Crippen LogP contribution in [0.5, 0.6) is 0 Å². The Kier molecular flexibility index (Phi) is 2.32. The van der Waals surface area contributed by atoms with Crippen LogP contribution >= 0.6 is 12.6 Å². The number of hydrogen-bond donors (Lipinski definition) is 1. The van der Waals surface area contributed by atoms with E-state index in [0.717, 1.165) is 0 Å². The SMILES string of the molecule is Cc1ccc(S)c(F)c1[N+](=O)[O-]. The van der Waals surface area contributed by atoms with Gasteiger partial charge >= 0.3 is 5.69 Å². The second-order valence-electron chi connectivity index (χ2n) is 2.32. The Bertz CT molecular complexity index is 340. The molecule has 1 aromatic rings. The van der Waals surface area contributed by atoms with Crippen LogP contribution in [0.25, 0.3) is 0 Å². The molecule has 3 nitrogen and oxygen atoms in total. The van der Waals surface area contributed by atoms with Gasteiger partial charge in [-0.3, -0.25) is 10.1 Å². The molecule has 0 aromatic heterocycles. The molecule has 64 valence electrons. The average molecular weight is 187 g/mol. The van der Waals surface area contributed by atoms with Crippen molar-refractivity contribution in [3.63, 3.8) is 0 Å². The van der Waals surface area contributed by atoms with Gasteiger partial charge in [-0.25, -0.2) is 0 Å². The predicted octanol–water partition coefficient (Wildman–Crippen LogP) is 2.33. The monoisotopic (exact) mass is 187 g/mol. The summed E-state index contributed by atoms with van der Waals surface area (Å²) >= 11 is 3.73. The molecule has 5 heteroatoms. The van der Waals surface area contributed by atoms with Gasteiger partial charge in [-0.1, -0.05) is 6.07 Å². The first-order valence-corrected chi connectivity index (χ1v) is 3.61. The van der Waals surface area contributed by atoms with E-state index in [4.69, 9.17) is 0 Å². The first-order chi connectivity index (χ1) is 5.54. The predicted molar refractivity (Wildman–Crippen MR) is 45.0 cm³/mol. The molecule has 0 spiro atoms. The van der Waals surface area contributed by atoms with Crippen molar-refractivity contribution in [1.82, 2.24) is 0 Å². The van der Waals surface area contributed by atoms with Crippen molar-refractivity contribution in [2.75, 3.05) is 0 Å². The fraction of sp³-hybridized carbons (Fsp3) is 0.143. The van der Waals surface area contributed by atoms with Crippen LogP contribution in [-0.2, 0) is 0 Å². The first-order valence-electron chi connectivity index (χ1n) is 3.16. The molecule has 12 heavy (non-hydrogen) atoms. The molecule has 0 N–H and O–H groups in total. The van der Waals surface area contributed by atoms with E-state index >= 15 is 0 Å². The van der Waals surface area contributed by atoms with Gasteiger partial charge in [0.25, 0.3) is 0 Å². The van der Waals surface area contributed by atoms with Crippen LogP contribution in [0.3, 0.4) is 0 Å². The lowest BCUT2D eigenvalue weighted by molar-refractivity contribution is -0.388. The van der Waals surface area contributed by atoms with Gasteiger partial charge in [0.2, 0.25) is 5.82 Å². The zero-order valence-corrected chi connectivity index (χ0v) is 7.14. The molecule has 0 saturated carbocycles. The summed E-state index contributed by atoms with van der Waals surface area (Å²) in [6.07, 6.45) is 0. The van der Waals surface area contributed by atoms with Crippen LogP contribution in [0, 0.1) is 22.9 Å². The number of benzene rings is 1. The number of aryl methyl sites for hydroxylation is 1. The van der Waals surface area contributed by atoms with E-state index in [2.05, 4.69) is 12.6 Å². The molecule has 0 fully saturated rings. The van der Waals surface area contributed by atoms with E-state index in [1.807, 2.05) is 0 Å². The summed E-state index contributed by atoms with van der Waals surface area (Å²) in [6.45, 7) is 1.48. The zero-order valence-electron chi connectivity index (χ0n) is 6.24. The highest BCUT2D eigenvalue weighted by Crippen LogP contribution is 2.26. The topological polar surface area (TPSA) is 43.1 Å². The van der Waals surface area contributed by atoms with E-state index in [9.17, 15) is 14.5 Å². The molecule has 0 aliphatic carbocycles. The summed E-state index contributed by atoms with van der Waals surface area (Å²) in [5.41, 5.74) is -0.196. The van der Waals surface area contributed by atoms with Crippen molar-refractivity contribution in [3.8, 4) is 0 Å². The van der Waals surface area contributed by atoms with Crippen LogP contribution in [-0.4, -0.2) is 4.92 Å². The van der Waals surface area contributed by atoms with Gasteiger partial charge < -0.3 is 0 Å². The van der Waals surface area contributed by atoms with E-state index in [-0.39, 0.29) is 4.90 Å². The second kappa shape index (κ2) is 3.10. The summed E-state index contributed by atoms with van der Waals surface area (Å²) in [5.74, 6) is -0.872. The lowest BCUT2D eigenvalue weighted by atomic mass is 10.2. The van der Waals surface area contributed by atoms with E-state index in [1.165, 1.54) is 19.1 Å². The molecule has 0 aliphatic rings. The third-order valence-electron chi connectivity index (χ3n) is 1.48. The number of halogens is 1. The molecule has 0 aliphatic heterocycles. The van der Waals surface area contributed by atoms with Gasteiger partial charge in [-0.2, -0.15) is 4.39 Å². The molecule has 0 saturated heterocycles. The van der Waals surface area contributed by atoms with Crippen molar-refractivity contribution >= 4 is 18.3 Å². The van der Waals surface area contributed by atoms with E-state index < -0.39 is 16.4 Å². The second-order valence-corrected chi connectivity index (χ2v) is 2.80. The van der Waals surface area contributed by atoms with E-state index in [0.29, 0.717) is 5.56 Å². The standard InChI is InChI=1S/C7H6FNO2S/c1-4-2-3-5(12)6(8)7(4)9(10)11/h2-3,12H,1H3. The third-order valence-corrected chi connectivity index (χ3v) is 1.83. The van der Waals surface area contributed by atoms with Crippen molar-refractivity contribution in [1.29, 1.82) is 0 Å². The molecular weight excluding hydrogens is 181 g/mol. The zero-order chi connectivity index (χ0) is 9.30. The number of nitro groups is 1. The fourth-order valence-electron chi connectivity index (χ4n) is 0.875. The van der Waals surface area contributed by atoms with Gasteiger partial charge in [-0.05, 0) is 13.0 Å². The Labute approximate surface area is 73.8 Å². The summed E-state index contributed by atoms with van der Waals surface area (Å²) < 4.78 is 13.0. The van der Waals surface area contributed by atoms with Gasteiger partial charge in [0.1, 0.15) is 0 Å². The number of rotatable bonds is 1. The Morgan fingerprint density at radius 2 is 2.17 bits per heavy atom. The van der Waals surface area contributed by atoms with Crippen molar-refractivity contribution in [2.45, 2.75) is 11.8 Å². The maximum Gasteiger partial charge on any atom is 0.308 e. The van der Waals surface area contributed by atoms with Gasteiger partial charge in [0.05, 0.1) is 4.92 Å². The molecule has 0 heterocycles. The minimum atomic E-state index is -0.872. The summed E-state index contributed by atoms with van der Waals surface area (Å²) in [4.78, 5) is 9.57. The average Bonchev–Trinajstić information content (AvgIpc) is 1.97. The quantitative estimate of drug-likeness (QED) is 0.416. The summed E-state index contributed by atoms with van der Waals surface area (Å²) in [5, 5.41) is 10.3. The number of thiol groups is 1. The number of hydrogen-bond acceptors (Lipinski definition) is 3. The van der Waals surface area contributed by atoms with Gasteiger partial charge in [-0.15, -0.1) is 12.6 Å².